The second-order valence-corrected chi connectivity index (χ2v) is 6.50. The number of hydrogen-bond donors (Lipinski definition) is 2. The lowest BCUT2D eigenvalue weighted by atomic mass is 10.1. The van der Waals surface area contributed by atoms with E-state index in [2.05, 4.69) is 12.2 Å². The van der Waals surface area contributed by atoms with E-state index in [0.717, 1.165) is 19.3 Å². The molecule has 1 rings (SSSR count). The number of carbonyl (C=O) groups excluding carboxylic acids is 3. The zero-order valence-corrected chi connectivity index (χ0v) is 15.1. The third-order valence-electron chi connectivity index (χ3n) is 4.12. The summed E-state index contributed by atoms with van der Waals surface area (Å²) in [5, 5.41) is 12.2. The van der Waals surface area contributed by atoms with Crippen LogP contribution in [0, 0.1) is 0 Å². The Labute approximate surface area is 149 Å². The molecule has 25 heavy (non-hydrogen) atoms. The van der Waals surface area contributed by atoms with Crippen LogP contribution in [0.5, 0.6) is 0 Å². The molecule has 1 unspecified atom stereocenters. The molecule has 0 aromatic heterocycles. The number of nitrogens with one attached hydrogen (secondary N) is 1. The van der Waals surface area contributed by atoms with Crippen molar-refractivity contribution < 1.29 is 29.0 Å². The lowest BCUT2D eigenvalue weighted by Crippen LogP contribution is -2.36. The summed E-state index contributed by atoms with van der Waals surface area (Å²) in [6.45, 7) is 1.73. The fraction of sp³-hybridized carbons (Fsp3) is 0.833. The van der Waals surface area contributed by atoms with Crippen LogP contribution in [0.15, 0.2) is 0 Å². The van der Waals surface area contributed by atoms with Crippen molar-refractivity contribution in [3.63, 3.8) is 0 Å². The van der Waals surface area contributed by atoms with Gasteiger partial charge in [0, 0.05) is 12.8 Å². The average molecular weight is 357 g/mol. The molecule has 1 aliphatic rings. The number of aliphatic hydroxyl groups excluding tert-OH is 1. The summed E-state index contributed by atoms with van der Waals surface area (Å²) in [5.41, 5.74) is 0. The molecule has 0 saturated carbocycles. The number of esters is 2. The molecule has 1 amide bonds. The van der Waals surface area contributed by atoms with Crippen molar-refractivity contribution in [2.45, 2.75) is 83.3 Å². The number of rotatable bonds is 13. The van der Waals surface area contributed by atoms with Crippen molar-refractivity contribution in [3.8, 4) is 0 Å². The van der Waals surface area contributed by atoms with Gasteiger partial charge in [0.2, 0.25) is 5.91 Å². The molecule has 1 fully saturated rings. The van der Waals surface area contributed by atoms with Crippen molar-refractivity contribution >= 4 is 17.8 Å². The average Bonchev–Trinajstić information content (AvgIpc) is 3.03. The number of amides is 1. The number of ether oxygens (including phenoxy) is 2. The van der Waals surface area contributed by atoms with Crippen molar-refractivity contribution in [1.29, 1.82) is 0 Å². The van der Waals surface area contributed by atoms with Gasteiger partial charge >= 0.3 is 11.9 Å². The van der Waals surface area contributed by atoms with E-state index in [9.17, 15) is 19.5 Å². The fourth-order valence-electron chi connectivity index (χ4n) is 2.61. The Balaban J connectivity index is 1.99. The summed E-state index contributed by atoms with van der Waals surface area (Å²) in [4.78, 5) is 34.2. The zero-order chi connectivity index (χ0) is 18.5. The van der Waals surface area contributed by atoms with E-state index in [-0.39, 0.29) is 25.1 Å². The third kappa shape index (κ3) is 10.1. The summed E-state index contributed by atoms with van der Waals surface area (Å²) in [6.07, 6.45) is 7.85. The van der Waals surface area contributed by atoms with Crippen LogP contribution < -0.4 is 5.32 Å². The van der Waals surface area contributed by atoms with Crippen molar-refractivity contribution in [2.24, 2.45) is 0 Å². The van der Waals surface area contributed by atoms with E-state index in [0.29, 0.717) is 19.3 Å². The Hall–Kier alpha value is -1.63. The summed E-state index contributed by atoms with van der Waals surface area (Å²) in [7, 11) is 0. The van der Waals surface area contributed by atoms with Gasteiger partial charge in [-0.2, -0.15) is 0 Å². The Morgan fingerprint density at radius 2 is 1.76 bits per heavy atom. The van der Waals surface area contributed by atoms with E-state index in [1.165, 1.54) is 25.7 Å². The van der Waals surface area contributed by atoms with Crippen LogP contribution in [0.25, 0.3) is 0 Å². The highest BCUT2D eigenvalue weighted by molar-refractivity contribution is 5.88. The van der Waals surface area contributed by atoms with Gasteiger partial charge in [-0.05, 0) is 12.8 Å². The normalized spacial score (nSPS) is 17.8. The fourth-order valence-corrected chi connectivity index (χ4v) is 2.61. The van der Waals surface area contributed by atoms with Crippen LogP contribution in [0.3, 0.4) is 0 Å². The standard InChI is InChI=1S/C18H31NO6/c1-2-3-4-5-6-7-8-9-17(22)24-12-14(20)13-25-18(23)15-10-11-16(21)19-15/h14-15,20H,2-13H2,1H3,(H,19,21)/t14?,15-/m0/s1. The summed E-state index contributed by atoms with van der Waals surface area (Å²) >= 11 is 0. The molecule has 2 N–H and O–H groups in total. The highest BCUT2D eigenvalue weighted by Crippen LogP contribution is 2.10. The van der Waals surface area contributed by atoms with E-state index < -0.39 is 18.1 Å². The second-order valence-electron chi connectivity index (χ2n) is 6.50. The minimum Gasteiger partial charge on any atom is -0.463 e. The first-order valence-corrected chi connectivity index (χ1v) is 9.32. The number of hydrogen-bond acceptors (Lipinski definition) is 6. The van der Waals surface area contributed by atoms with Gasteiger partial charge in [-0.3, -0.25) is 9.59 Å². The number of carbonyl (C=O) groups is 3. The van der Waals surface area contributed by atoms with Gasteiger partial charge in [-0.15, -0.1) is 0 Å². The molecule has 2 atom stereocenters. The lowest BCUT2D eigenvalue weighted by Gasteiger charge is -2.14. The van der Waals surface area contributed by atoms with E-state index >= 15 is 0 Å². The Kier molecular flexibility index (Phi) is 10.9. The Morgan fingerprint density at radius 3 is 2.40 bits per heavy atom. The molecule has 0 aromatic rings. The minimum atomic E-state index is -1.06. The molecule has 0 aromatic carbocycles. The van der Waals surface area contributed by atoms with Gasteiger partial charge in [-0.25, -0.2) is 4.79 Å². The van der Waals surface area contributed by atoms with Gasteiger partial charge in [0.1, 0.15) is 25.4 Å². The number of aliphatic hydroxyl groups is 1. The maximum atomic E-state index is 11.6. The van der Waals surface area contributed by atoms with E-state index in [4.69, 9.17) is 9.47 Å². The summed E-state index contributed by atoms with van der Waals surface area (Å²) in [5.74, 6) is -1.09. The van der Waals surface area contributed by atoms with Gasteiger partial charge in [0.05, 0.1) is 0 Å². The molecule has 0 bridgehead atoms. The Bertz CT molecular complexity index is 426. The van der Waals surface area contributed by atoms with E-state index in [1.807, 2.05) is 0 Å². The predicted octanol–water partition coefficient (Wildman–Crippen LogP) is 1.85. The predicted molar refractivity (Wildman–Crippen MR) is 91.7 cm³/mol. The van der Waals surface area contributed by atoms with Gasteiger partial charge < -0.3 is 19.9 Å². The first-order valence-electron chi connectivity index (χ1n) is 9.32. The molecule has 7 nitrogen and oxygen atoms in total. The van der Waals surface area contributed by atoms with Crippen LogP contribution in [0.1, 0.15) is 71.1 Å². The van der Waals surface area contributed by atoms with Crippen molar-refractivity contribution in [2.75, 3.05) is 13.2 Å². The maximum Gasteiger partial charge on any atom is 0.328 e. The van der Waals surface area contributed by atoms with Crippen LogP contribution in [0.2, 0.25) is 0 Å². The summed E-state index contributed by atoms with van der Waals surface area (Å²) in [6, 6.07) is -0.639. The van der Waals surface area contributed by atoms with Crippen LogP contribution in [-0.2, 0) is 23.9 Å². The molecule has 1 heterocycles. The molecule has 0 spiro atoms. The lowest BCUT2D eigenvalue weighted by molar-refractivity contribution is -0.154. The zero-order valence-electron chi connectivity index (χ0n) is 15.1. The SMILES string of the molecule is CCCCCCCCCC(=O)OCC(O)COC(=O)[C@@H]1CCC(=O)N1. The first-order chi connectivity index (χ1) is 12.0. The molecular formula is C18H31NO6. The molecule has 144 valence electrons. The van der Waals surface area contributed by atoms with Gasteiger partial charge in [0.25, 0.3) is 0 Å². The highest BCUT2D eigenvalue weighted by Gasteiger charge is 2.28. The van der Waals surface area contributed by atoms with Gasteiger partial charge in [-0.1, -0.05) is 45.4 Å². The van der Waals surface area contributed by atoms with Crippen LogP contribution in [0.4, 0.5) is 0 Å². The minimum absolute atomic E-state index is 0.179. The van der Waals surface area contributed by atoms with Crippen LogP contribution in [-0.4, -0.2) is 48.3 Å². The maximum absolute atomic E-state index is 11.6. The summed E-state index contributed by atoms with van der Waals surface area (Å²) < 4.78 is 9.89. The third-order valence-corrected chi connectivity index (χ3v) is 4.12. The van der Waals surface area contributed by atoms with Crippen LogP contribution >= 0.6 is 0 Å². The van der Waals surface area contributed by atoms with Gasteiger partial charge in [0.15, 0.2) is 0 Å². The smallest absolute Gasteiger partial charge is 0.328 e. The second kappa shape index (κ2) is 12.7. The largest absolute Gasteiger partial charge is 0.463 e. The number of unbranched alkanes of at least 4 members (excludes halogenated alkanes) is 6. The quantitative estimate of drug-likeness (QED) is 0.385. The molecular weight excluding hydrogens is 326 g/mol. The molecule has 1 saturated heterocycles. The molecule has 0 radical (unpaired) electrons. The molecule has 7 heteroatoms. The molecule has 0 aliphatic carbocycles. The highest BCUT2D eigenvalue weighted by atomic mass is 16.6. The first kappa shape index (κ1) is 21.4. The van der Waals surface area contributed by atoms with Crippen molar-refractivity contribution in [3.05, 3.63) is 0 Å². The topological polar surface area (TPSA) is 102 Å². The van der Waals surface area contributed by atoms with Crippen molar-refractivity contribution in [1.82, 2.24) is 5.32 Å². The molecule has 1 aliphatic heterocycles. The Morgan fingerprint density at radius 1 is 1.12 bits per heavy atom. The van der Waals surface area contributed by atoms with E-state index in [1.54, 1.807) is 0 Å². The monoisotopic (exact) mass is 357 g/mol.